The van der Waals surface area contributed by atoms with Gasteiger partial charge in [-0.05, 0) is 54.5 Å². The van der Waals surface area contributed by atoms with Gasteiger partial charge >= 0.3 is 0 Å². The van der Waals surface area contributed by atoms with E-state index in [1.165, 1.54) is 11.1 Å². The van der Waals surface area contributed by atoms with Crippen LogP contribution in [0.5, 0.6) is 0 Å². The summed E-state index contributed by atoms with van der Waals surface area (Å²) in [6, 6.07) is 6.39. The third-order valence-electron chi connectivity index (χ3n) is 3.08. The van der Waals surface area contributed by atoms with Gasteiger partial charge in [-0.1, -0.05) is 26.8 Å². The van der Waals surface area contributed by atoms with Crippen LogP contribution in [-0.4, -0.2) is 17.0 Å². The van der Waals surface area contributed by atoms with Gasteiger partial charge in [0.2, 0.25) is 0 Å². The van der Waals surface area contributed by atoms with Gasteiger partial charge in [0, 0.05) is 22.0 Å². The normalized spacial score (nSPS) is 13.6. The van der Waals surface area contributed by atoms with Crippen molar-refractivity contribution in [3.63, 3.8) is 0 Å². The number of nitrogens with two attached hydrogens (primary N) is 1. The molecule has 0 saturated heterocycles. The number of rotatable bonds is 5. The highest BCUT2D eigenvalue weighted by Gasteiger charge is 2.16. The van der Waals surface area contributed by atoms with Gasteiger partial charge in [0.1, 0.15) is 0 Å². The van der Waals surface area contributed by atoms with E-state index in [4.69, 9.17) is 5.73 Å². The first-order chi connectivity index (χ1) is 8.34. The molecule has 0 aliphatic carbocycles. The van der Waals surface area contributed by atoms with E-state index in [1.54, 1.807) is 6.26 Å². The summed E-state index contributed by atoms with van der Waals surface area (Å²) in [5.41, 5.74) is 8.16. The van der Waals surface area contributed by atoms with Crippen LogP contribution in [0.3, 0.4) is 0 Å². The molecule has 0 saturated carbocycles. The molecular weight excluding hydrogens is 242 g/mol. The Morgan fingerprint density at radius 2 is 1.83 bits per heavy atom. The minimum atomic E-state index is -0.916. The minimum absolute atomic E-state index is 0.0952. The number of hydrogen-bond acceptors (Lipinski definition) is 2. The Bertz CT molecular complexity index is 421. The molecule has 0 heterocycles. The van der Waals surface area contributed by atoms with Gasteiger partial charge in [-0.2, -0.15) is 0 Å². The van der Waals surface area contributed by atoms with Crippen LogP contribution in [0, 0.1) is 0 Å². The summed E-state index contributed by atoms with van der Waals surface area (Å²) < 4.78 is 11.7. The lowest BCUT2D eigenvalue weighted by atomic mass is 9.86. The summed E-state index contributed by atoms with van der Waals surface area (Å²) in [4.78, 5) is 0.935. The van der Waals surface area contributed by atoms with E-state index >= 15 is 0 Å². The van der Waals surface area contributed by atoms with Crippen LogP contribution in [0.15, 0.2) is 23.1 Å². The first-order valence-corrected chi connectivity index (χ1v) is 8.08. The zero-order valence-electron chi connectivity index (χ0n) is 12.0. The summed E-state index contributed by atoms with van der Waals surface area (Å²) in [6.45, 7) is 7.31. The smallest absolute Gasteiger partial charge is 0.0498 e. The van der Waals surface area contributed by atoms with Crippen LogP contribution in [-0.2, 0) is 22.6 Å². The maximum atomic E-state index is 11.7. The molecule has 0 aromatic heterocycles. The zero-order valence-corrected chi connectivity index (χ0v) is 12.8. The van der Waals surface area contributed by atoms with Crippen molar-refractivity contribution in [3.8, 4) is 0 Å². The quantitative estimate of drug-likeness (QED) is 0.833. The second-order valence-corrected chi connectivity index (χ2v) is 7.20. The largest absolute Gasteiger partial charge is 0.330 e. The van der Waals surface area contributed by atoms with Crippen LogP contribution in [0.4, 0.5) is 0 Å². The van der Waals surface area contributed by atoms with Crippen molar-refractivity contribution in [3.05, 3.63) is 29.3 Å². The van der Waals surface area contributed by atoms with Crippen molar-refractivity contribution in [1.82, 2.24) is 0 Å². The molecule has 1 atom stereocenters. The van der Waals surface area contributed by atoms with Crippen LogP contribution in [0.2, 0.25) is 0 Å². The Labute approximate surface area is 113 Å². The van der Waals surface area contributed by atoms with E-state index in [0.717, 1.165) is 30.7 Å². The second-order valence-electron chi connectivity index (χ2n) is 5.82. The molecule has 2 N–H and O–H groups in total. The molecule has 3 heteroatoms. The molecule has 2 nitrogen and oxygen atoms in total. The lowest BCUT2D eigenvalue weighted by Gasteiger charge is -2.21. The van der Waals surface area contributed by atoms with Crippen molar-refractivity contribution in [2.45, 2.75) is 50.3 Å². The van der Waals surface area contributed by atoms with Gasteiger partial charge in [0.15, 0.2) is 0 Å². The third kappa shape index (κ3) is 4.54. The fraction of sp³-hybridized carbons (Fsp3) is 0.600. The molecule has 0 amide bonds. The number of aryl methyl sites for hydroxylation is 1. The summed E-state index contributed by atoms with van der Waals surface area (Å²) in [6.07, 6.45) is 4.90. The molecule has 0 radical (unpaired) electrons. The van der Waals surface area contributed by atoms with Gasteiger partial charge in [-0.3, -0.25) is 4.21 Å². The highest BCUT2D eigenvalue weighted by molar-refractivity contribution is 7.84. The Kier molecular flexibility index (Phi) is 5.54. The molecule has 1 rings (SSSR count). The molecular formula is C15H25NOS. The Morgan fingerprint density at radius 3 is 2.33 bits per heavy atom. The monoisotopic (exact) mass is 267 g/mol. The Hall–Kier alpha value is -0.670. The van der Waals surface area contributed by atoms with E-state index in [-0.39, 0.29) is 5.41 Å². The molecule has 0 aliphatic heterocycles. The maximum Gasteiger partial charge on any atom is 0.0498 e. The lowest BCUT2D eigenvalue weighted by Crippen LogP contribution is -2.12. The number of unbranched alkanes of at least 4 members (excludes halogenated alkanes) is 1. The predicted molar refractivity (Wildman–Crippen MR) is 79.5 cm³/mol. The molecule has 1 unspecified atom stereocenters. The maximum absolute atomic E-state index is 11.7. The molecule has 1 aromatic rings. The first kappa shape index (κ1) is 15.4. The highest BCUT2D eigenvalue weighted by atomic mass is 32.2. The van der Waals surface area contributed by atoms with Gasteiger partial charge < -0.3 is 5.73 Å². The van der Waals surface area contributed by atoms with Crippen molar-refractivity contribution in [2.24, 2.45) is 5.73 Å². The summed E-state index contributed by atoms with van der Waals surface area (Å²) in [5, 5.41) is 0. The molecule has 0 fully saturated rings. The SMILES string of the molecule is CS(=O)c1cc(CCCCN)cc(C(C)(C)C)c1. The van der Waals surface area contributed by atoms with Gasteiger partial charge in [-0.15, -0.1) is 0 Å². The molecule has 102 valence electrons. The molecule has 0 spiro atoms. The average molecular weight is 267 g/mol. The van der Waals surface area contributed by atoms with Crippen molar-refractivity contribution < 1.29 is 4.21 Å². The average Bonchev–Trinajstić information content (AvgIpc) is 2.28. The Balaban J connectivity index is 3.03. The fourth-order valence-corrected chi connectivity index (χ4v) is 2.49. The van der Waals surface area contributed by atoms with Crippen molar-refractivity contribution in [1.29, 1.82) is 0 Å². The lowest BCUT2D eigenvalue weighted by molar-refractivity contribution is 0.586. The topological polar surface area (TPSA) is 43.1 Å². The summed E-state index contributed by atoms with van der Waals surface area (Å²) >= 11 is 0. The van der Waals surface area contributed by atoms with Gasteiger partial charge in [0.05, 0.1) is 0 Å². The van der Waals surface area contributed by atoms with Crippen LogP contribution < -0.4 is 5.73 Å². The van der Waals surface area contributed by atoms with Crippen molar-refractivity contribution >= 4 is 10.8 Å². The van der Waals surface area contributed by atoms with Gasteiger partial charge in [0.25, 0.3) is 0 Å². The summed E-state index contributed by atoms with van der Waals surface area (Å²) in [5.74, 6) is 0. The Morgan fingerprint density at radius 1 is 1.17 bits per heavy atom. The minimum Gasteiger partial charge on any atom is -0.330 e. The van der Waals surface area contributed by atoms with E-state index in [0.29, 0.717) is 0 Å². The number of benzene rings is 1. The third-order valence-corrected chi connectivity index (χ3v) is 3.98. The first-order valence-electron chi connectivity index (χ1n) is 6.52. The van der Waals surface area contributed by atoms with E-state index in [9.17, 15) is 4.21 Å². The highest BCUT2D eigenvalue weighted by Crippen LogP contribution is 2.26. The fourth-order valence-electron chi connectivity index (χ4n) is 1.88. The van der Waals surface area contributed by atoms with Crippen molar-refractivity contribution in [2.75, 3.05) is 12.8 Å². The molecule has 0 bridgehead atoms. The van der Waals surface area contributed by atoms with E-state index in [2.05, 4.69) is 39.0 Å². The van der Waals surface area contributed by atoms with Crippen LogP contribution >= 0.6 is 0 Å². The molecule has 1 aromatic carbocycles. The standard InChI is InChI=1S/C15H25NOS/c1-15(2,3)13-9-12(7-5-6-8-16)10-14(11-13)18(4)17/h9-11H,5-8,16H2,1-4H3. The van der Waals surface area contributed by atoms with Gasteiger partial charge in [-0.25, -0.2) is 0 Å². The molecule has 18 heavy (non-hydrogen) atoms. The van der Waals surface area contributed by atoms with E-state index in [1.807, 2.05) is 0 Å². The number of hydrogen-bond donors (Lipinski definition) is 1. The second kappa shape index (κ2) is 6.48. The van der Waals surface area contributed by atoms with E-state index < -0.39 is 10.8 Å². The molecule has 0 aliphatic rings. The van der Waals surface area contributed by atoms with Crippen LogP contribution in [0.1, 0.15) is 44.7 Å². The zero-order chi connectivity index (χ0) is 13.8. The predicted octanol–water partition coefficient (Wildman–Crippen LogP) is 3.00. The van der Waals surface area contributed by atoms with Crippen LogP contribution in [0.25, 0.3) is 0 Å². The summed E-state index contributed by atoms with van der Waals surface area (Å²) in [7, 11) is -0.916.